The topological polar surface area (TPSA) is 36.9 Å². The molecule has 0 N–H and O–H groups in total. The third kappa shape index (κ3) is 23.2. The first-order chi connectivity index (χ1) is 13.4. The minimum atomic E-state index is -1.48. The summed E-state index contributed by atoms with van der Waals surface area (Å²) in [5, 5.41) is 0. The smallest absolute Gasteiger partial charge is 0.147 e. The molecular weight excluding hydrogens is 547 g/mol. The summed E-state index contributed by atoms with van der Waals surface area (Å²) in [6.07, 6.45) is 15.5. The van der Waals surface area contributed by atoms with Crippen molar-refractivity contribution in [3.8, 4) is 0 Å². The Hall–Kier alpha value is 0.247. The van der Waals surface area contributed by atoms with Crippen molar-refractivity contribution >= 4 is 45.2 Å². The number of rotatable bonds is 8. The Morgan fingerprint density at radius 1 is 0.806 bits per heavy atom. The number of hydrogen-bond acceptors (Lipinski definition) is 4. The van der Waals surface area contributed by atoms with Gasteiger partial charge in [0.25, 0.3) is 0 Å². The number of hydrogen-bond donors (Lipinski definition) is 0. The fraction of sp³-hybridized carbons (Fsp3) is 0.591. The van der Waals surface area contributed by atoms with Crippen molar-refractivity contribution in [2.45, 2.75) is 85.5 Å². The Morgan fingerprint density at radius 2 is 1.10 bits per heavy atom. The van der Waals surface area contributed by atoms with Crippen LogP contribution in [0.15, 0.2) is 35.8 Å². The van der Waals surface area contributed by atoms with Crippen molar-refractivity contribution in [1.29, 1.82) is 0 Å². The van der Waals surface area contributed by atoms with E-state index >= 15 is 0 Å². The Balaban J connectivity index is -0.000000424. The Kier molecular flexibility index (Phi) is 21.6. The van der Waals surface area contributed by atoms with E-state index in [-0.39, 0.29) is 37.4 Å². The SMILES string of the molecule is CC(OC1=[C-]CC=C1)O[Si](C)(C)C.CC(OC1=[C-]CC=C1)O[Si](C)(C)C.C[CH]=[Zr+2].Cl.Cl. The molecule has 9 heteroatoms. The molecule has 0 saturated carbocycles. The Labute approximate surface area is 219 Å². The fourth-order valence-corrected chi connectivity index (χ4v) is 4.42. The maximum absolute atomic E-state index is 5.72. The quantitative estimate of drug-likeness (QED) is 0.176. The van der Waals surface area contributed by atoms with Gasteiger partial charge in [0.15, 0.2) is 29.2 Å². The summed E-state index contributed by atoms with van der Waals surface area (Å²) in [5.41, 5.74) is 0. The van der Waals surface area contributed by atoms with Gasteiger partial charge in [0.05, 0.1) is 0 Å². The van der Waals surface area contributed by atoms with Crippen LogP contribution in [0.2, 0.25) is 39.3 Å². The van der Waals surface area contributed by atoms with Gasteiger partial charge in [-0.25, -0.2) is 12.2 Å². The average molecular weight is 587 g/mol. The van der Waals surface area contributed by atoms with Gasteiger partial charge in [-0.05, 0) is 64.6 Å². The monoisotopic (exact) mass is 584 g/mol. The zero-order valence-electron chi connectivity index (χ0n) is 20.4. The van der Waals surface area contributed by atoms with Crippen LogP contribution in [0.1, 0.15) is 33.6 Å². The number of halogens is 2. The molecule has 31 heavy (non-hydrogen) atoms. The molecule has 0 bridgehead atoms. The molecule has 2 rings (SSSR count). The molecule has 4 nitrogen and oxygen atoms in total. The van der Waals surface area contributed by atoms with Crippen molar-refractivity contribution in [2.24, 2.45) is 0 Å². The standard InChI is InChI=1S/2C10H17O2Si.C2H4.2ClH.Zr/c2*1-9(12-13(2,3)4)11-10-7-5-6-8-10;1-2;;;/h2*5,7,9H,6H2,1-4H3;1H,2H3;2*1H;/q2*-1;;;;+2. The van der Waals surface area contributed by atoms with Crippen LogP contribution in [-0.4, -0.2) is 32.9 Å². The molecule has 0 aromatic rings. The van der Waals surface area contributed by atoms with Crippen LogP contribution < -0.4 is 0 Å². The molecule has 0 fully saturated rings. The summed E-state index contributed by atoms with van der Waals surface area (Å²) in [5.74, 6) is 1.62. The molecular formula is C22H40Cl2O4Si2Zr. The van der Waals surface area contributed by atoms with Gasteiger partial charge < -0.3 is 18.3 Å². The van der Waals surface area contributed by atoms with Crippen molar-refractivity contribution in [2.75, 3.05) is 0 Å². The van der Waals surface area contributed by atoms with Gasteiger partial charge in [-0.15, -0.1) is 37.7 Å². The first-order valence-electron chi connectivity index (χ1n) is 10.0. The van der Waals surface area contributed by atoms with Crippen molar-refractivity contribution in [1.82, 2.24) is 0 Å². The van der Waals surface area contributed by atoms with Gasteiger partial charge >= 0.3 is 34.9 Å². The average Bonchev–Trinajstić information content (AvgIpc) is 3.18. The van der Waals surface area contributed by atoms with Crippen LogP contribution in [0.25, 0.3) is 0 Å². The normalized spacial score (nSPS) is 16.1. The number of allylic oxidation sites excluding steroid dienone is 6. The molecule has 0 amide bonds. The van der Waals surface area contributed by atoms with Crippen LogP contribution in [-0.2, 0) is 42.6 Å². The zero-order chi connectivity index (χ0) is 22.5. The first kappa shape index (κ1) is 35.8. The fourth-order valence-electron chi connectivity index (χ4n) is 2.33. The maximum atomic E-state index is 5.72. The molecule has 2 atom stereocenters. The van der Waals surface area contributed by atoms with Crippen LogP contribution in [0, 0.1) is 12.2 Å². The van der Waals surface area contributed by atoms with E-state index in [9.17, 15) is 0 Å². The van der Waals surface area contributed by atoms with Gasteiger partial charge in [0.1, 0.15) is 0 Å². The second kappa shape index (κ2) is 18.6. The van der Waals surface area contributed by atoms with Gasteiger partial charge in [0, 0.05) is 0 Å². The molecule has 2 unspecified atom stereocenters. The molecule has 0 saturated heterocycles. The minimum Gasteiger partial charge on any atom is -0.147 e. The summed E-state index contributed by atoms with van der Waals surface area (Å²) in [7, 11) is -2.96. The largest absolute Gasteiger partial charge is 0.147 e. The van der Waals surface area contributed by atoms with Crippen molar-refractivity contribution < 1.29 is 42.6 Å². The van der Waals surface area contributed by atoms with Gasteiger partial charge in [0.2, 0.25) is 0 Å². The molecule has 0 heterocycles. The van der Waals surface area contributed by atoms with E-state index < -0.39 is 16.6 Å². The van der Waals surface area contributed by atoms with Crippen LogP contribution in [0.4, 0.5) is 0 Å². The molecule has 0 radical (unpaired) electrons. The van der Waals surface area contributed by atoms with Crippen LogP contribution >= 0.6 is 24.8 Å². The summed E-state index contributed by atoms with van der Waals surface area (Å²) in [6, 6.07) is 0. The van der Waals surface area contributed by atoms with E-state index in [1.807, 2.05) is 45.1 Å². The van der Waals surface area contributed by atoms with E-state index in [1.165, 1.54) is 24.2 Å². The van der Waals surface area contributed by atoms with E-state index in [4.69, 9.17) is 18.3 Å². The molecule has 0 aliphatic heterocycles. The Morgan fingerprint density at radius 3 is 1.29 bits per heavy atom. The summed E-state index contributed by atoms with van der Waals surface area (Å²) in [4.78, 5) is 0. The predicted molar refractivity (Wildman–Crippen MR) is 137 cm³/mol. The molecule has 2 aliphatic rings. The predicted octanol–water partition coefficient (Wildman–Crippen LogP) is 6.89. The second-order valence-corrected chi connectivity index (χ2v) is 18.8. The van der Waals surface area contributed by atoms with E-state index in [0.717, 1.165) is 24.4 Å². The summed E-state index contributed by atoms with van der Waals surface area (Å²) in [6.45, 7) is 18.8. The molecule has 178 valence electrons. The second-order valence-electron chi connectivity index (χ2n) is 8.42. The van der Waals surface area contributed by atoms with E-state index in [1.54, 1.807) is 0 Å². The first-order valence-corrected chi connectivity index (χ1v) is 18.3. The molecule has 0 aromatic carbocycles. The van der Waals surface area contributed by atoms with Gasteiger partial charge in [-0.3, -0.25) is 0 Å². The van der Waals surface area contributed by atoms with Crippen molar-refractivity contribution in [3.63, 3.8) is 0 Å². The third-order valence-corrected chi connectivity index (χ3v) is 5.03. The van der Waals surface area contributed by atoms with Crippen LogP contribution in [0.3, 0.4) is 0 Å². The van der Waals surface area contributed by atoms with E-state index in [0.29, 0.717) is 0 Å². The Bertz CT molecular complexity index is 560. The maximum Gasteiger partial charge on any atom is -0.147 e. The van der Waals surface area contributed by atoms with Crippen molar-refractivity contribution in [3.05, 3.63) is 48.0 Å². The minimum absolute atomic E-state index is 0. The molecule has 0 spiro atoms. The number of ether oxygens (including phenoxy) is 2. The summed E-state index contributed by atoms with van der Waals surface area (Å²) < 4.78 is 24.6. The van der Waals surface area contributed by atoms with Crippen LogP contribution in [0.5, 0.6) is 0 Å². The molecule has 2 aliphatic carbocycles. The summed E-state index contributed by atoms with van der Waals surface area (Å²) >= 11 is 1.51. The molecule has 0 aromatic heterocycles. The van der Waals surface area contributed by atoms with E-state index in [2.05, 4.69) is 55.1 Å². The zero-order valence-corrected chi connectivity index (χ0v) is 26.5. The van der Waals surface area contributed by atoms with Gasteiger partial charge in [-0.1, -0.05) is 0 Å². The van der Waals surface area contributed by atoms with Gasteiger partial charge in [-0.2, -0.15) is 24.3 Å². The third-order valence-electron chi connectivity index (χ3n) is 2.95.